The summed E-state index contributed by atoms with van der Waals surface area (Å²) in [6, 6.07) is 0.390. The Morgan fingerprint density at radius 3 is 2.47 bits per heavy atom. The van der Waals surface area contributed by atoms with Crippen LogP contribution in [0.5, 0.6) is 0 Å². The number of hydrogen-bond donors (Lipinski definition) is 2. The van der Waals surface area contributed by atoms with E-state index in [1.165, 1.54) is 19.3 Å². The fraction of sp³-hybridized carbons (Fsp3) is 0.917. The third-order valence-corrected chi connectivity index (χ3v) is 3.94. The molecule has 0 aromatic carbocycles. The van der Waals surface area contributed by atoms with Crippen molar-refractivity contribution in [2.45, 2.75) is 45.1 Å². The van der Waals surface area contributed by atoms with Crippen LogP contribution in [0, 0.1) is 11.8 Å². The number of nitrogens with one attached hydrogen (secondary N) is 2. The fourth-order valence-corrected chi connectivity index (χ4v) is 2.48. The molecule has 1 saturated carbocycles. The van der Waals surface area contributed by atoms with Crippen molar-refractivity contribution in [3.8, 4) is 0 Å². The molecule has 1 atom stereocenters. The zero-order valence-electron chi connectivity index (χ0n) is 9.59. The van der Waals surface area contributed by atoms with Gasteiger partial charge < -0.3 is 10.6 Å². The predicted molar refractivity (Wildman–Crippen MR) is 60.5 cm³/mol. The van der Waals surface area contributed by atoms with Gasteiger partial charge in [0.2, 0.25) is 5.91 Å². The molecule has 3 heteroatoms. The van der Waals surface area contributed by atoms with Gasteiger partial charge in [-0.25, -0.2) is 0 Å². The van der Waals surface area contributed by atoms with Crippen molar-refractivity contribution in [3.63, 3.8) is 0 Å². The fourth-order valence-electron chi connectivity index (χ4n) is 2.48. The lowest BCUT2D eigenvalue weighted by Gasteiger charge is -2.33. The highest BCUT2D eigenvalue weighted by Gasteiger charge is 2.27. The van der Waals surface area contributed by atoms with Gasteiger partial charge in [-0.15, -0.1) is 0 Å². The maximum absolute atomic E-state index is 11.9. The minimum atomic E-state index is 0.258. The van der Waals surface area contributed by atoms with Gasteiger partial charge in [-0.2, -0.15) is 0 Å². The van der Waals surface area contributed by atoms with Gasteiger partial charge >= 0.3 is 0 Å². The van der Waals surface area contributed by atoms with Gasteiger partial charge in [0.25, 0.3) is 0 Å². The number of amides is 1. The van der Waals surface area contributed by atoms with Crippen LogP contribution in [0.2, 0.25) is 0 Å². The van der Waals surface area contributed by atoms with Gasteiger partial charge in [-0.1, -0.05) is 6.42 Å². The van der Waals surface area contributed by atoms with Crippen LogP contribution in [0.3, 0.4) is 0 Å². The molecule has 0 aromatic heterocycles. The summed E-state index contributed by atoms with van der Waals surface area (Å²) >= 11 is 0. The molecule has 1 heterocycles. The molecule has 1 amide bonds. The zero-order valence-corrected chi connectivity index (χ0v) is 9.59. The zero-order chi connectivity index (χ0) is 10.7. The van der Waals surface area contributed by atoms with Crippen LogP contribution >= 0.6 is 0 Å². The normalized spacial score (nSPS) is 25.7. The van der Waals surface area contributed by atoms with Crippen LogP contribution in [0.25, 0.3) is 0 Å². The monoisotopic (exact) mass is 210 g/mol. The molecule has 2 rings (SSSR count). The Balaban J connectivity index is 1.74. The van der Waals surface area contributed by atoms with Crippen molar-refractivity contribution in [1.82, 2.24) is 10.6 Å². The molecule has 2 aliphatic rings. The second-order valence-electron chi connectivity index (χ2n) is 5.01. The van der Waals surface area contributed by atoms with E-state index >= 15 is 0 Å². The third kappa shape index (κ3) is 2.71. The Bertz CT molecular complexity index is 220. The average molecular weight is 210 g/mol. The van der Waals surface area contributed by atoms with E-state index in [1.807, 2.05) is 0 Å². The van der Waals surface area contributed by atoms with Crippen LogP contribution in [0.4, 0.5) is 0 Å². The van der Waals surface area contributed by atoms with Crippen molar-refractivity contribution in [1.29, 1.82) is 0 Å². The number of carbonyl (C=O) groups is 1. The molecule has 15 heavy (non-hydrogen) atoms. The van der Waals surface area contributed by atoms with Crippen molar-refractivity contribution < 1.29 is 4.79 Å². The van der Waals surface area contributed by atoms with E-state index in [4.69, 9.17) is 0 Å². The van der Waals surface area contributed by atoms with Crippen molar-refractivity contribution in [3.05, 3.63) is 0 Å². The maximum Gasteiger partial charge on any atom is 0.223 e. The molecule has 3 nitrogen and oxygen atoms in total. The lowest BCUT2D eigenvalue weighted by atomic mass is 9.80. The summed E-state index contributed by atoms with van der Waals surface area (Å²) in [5.74, 6) is 1.29. The first-order valence-electron chi connectivity index (χ1n) is 6.28. The number of carbonyl (C=O) groups excluding carboxylic acids is 1. The van der Waals surface area contributed by atoms with Crippen molar-refractivity contribution >= 4 is 5.91 Å². The van der Waals surface area contributed by atoms with E-state index in [-0.39, 0.29) is 11.8 Å². The topological polar surface area (TPSA) is 41.1 Å². The first-order valence-corrected chi connectivity index (χ1v) is 6.28. The number of piperidine rings is 1. The van der Waals surface area contributed by atoms with Crippen LogP contribution in [0.1, 0.15) is 39.0 Å². The summed E-state index contributed by atoms with van der Waals surface area (Å²) in [5.41, 5.74) is 0. The Labute approximate surface area is 92.0 Å². The first-order chi connectivity index (χ1) is 7.27. The van der Waals surface area contributed by atoms with Crippen molar-refractivity contribution in [2.75, 3.05) is 13.1 Å². The molecule has 1 aliphatic heterocycles. The molecule has 1 aliphatic carbocycles. The van der Waals surface area contributed by atoms with E-state index < -0.39 is 0 Å². The Hall–Kier alpha value is -0.570. The maximum atomic E-state index is 11.9. The minimum absolute atomic E-state index is 0.258. The third-order valence-electron chi connectivity index (χ3n) is 3.94. The second kappa shape index (κ2) is 4.97. The van der Waals surface area contributed by atoms with E-state index in [1.54, 1.807) is 0 Å². The van der Waals surface area contributed by atoms with Crippen LogP contribution in [0.15, 0.2) is 0 Å². The van der Waals surface area contributed by atoms with Gasteiger partial charge in [0.1, 0.15) is 0 Å². The summed E-state index contributed by atoms with van der Waals surface area (Å²) in [5, 5.41) is 6.47. The average Bonchev–Trinajstić information content (AvgIpc) is 2.16. The van der Waals surface area contributed by atoms with Gasteiger partial charge in [-0.3, -0.25) is 4.79 Å². The molecule has 1 unspecified atom stereocenters. The number of rotatable bonds is 3. The molecule has 86 valence electrons. The SMILES string of the molecule is CC(NC(=O)C1CCNCC1)C1CCC1. The molecule has 0 radical (unpaired) electrons. The van der Waals surface area contributed by atoms with Gasteiger partial charge in [0, 0.05) is 12.0 Å². The standard InChI is InChI=1S/C12H22N2O/c1-9(10-3-2-4-10)14-12(15)11-5-7-13-8-6-11/h9-11,13H,2-8H2,1H3,(H,14,15). The van der Waals surface area contributed by atoms with Gasteiger partial charge in [-0.05, 0) is 51.6 Å². The summed E-state index contributed by atoms with van der Waals surface area (Å²) < 4.78 is 0. The highest BCUT2D eigenvalue weighted by Crippen LogP contribution is 2.29. The van der Waals surface area contributed by atoms with Gasteiger partial charge in [0.05, 0.1) is 0 Å². The van der Waals surface area contributed by atoms with E-state index in [2.05, 4.69) is 17.6 Å². The molecule has 0 aromatic rings. The lowest BCUT2D eigenvalue weighted by Crippen LogP contribution is -2.45. The van der Waals surface area contributed by atoms with E-state index in [0.29, 0.717) is 6.04 Å². The molecule has 2 N–H and O–H groups in total. The molecule has 2 fully saturated rings. The summed E-state index contributed by atoms with van der Waals surface area (Å²) in [6.07, 6.45) is 5.95. The highest BCUT2D eigenvalue weighted by molar-refractivity contribution is 5.79. The quantitative estimate of drug-likeness (QED) is 0.737. The lowest BCUT2D eigenvalue weighted by molar-refractivity contribution is -0.126. The van der Waals surface area contributed by atoms with Gasteiger partial charge in [0.15, 0.2) is 0 Å². The van der Waals surface area contributed by atoms with Crippen molar-refractivity contribution in [2.24, 2.45) is 11.8 Å². The number of hydrogen-bond acceptors (Lipinski definition) is 2. The minimum Gasteiger partial charge on any atom is -0.353 e. The molecule has 1 saturated heterocycles. The Morgan fingerprint density at radius 1 is 1.27 bits per heavy atom. The summed E-state index contributed by atoms with van der Waals surface area (Å²) in [6.45, 7) is 4.15. The summed E-state index contributed by atoms with van der Waals surface area (Å²) in [4.78, 5) is 11.9. The largest absolute Gasteiger partial charge is 0.353 e. The van der Waals surface area contributed by atoms with Crippen LogP contribution < -0.4 is 10.6 Å². The van der Waals surface area contributed by atoms with E-state index in [9.17, 15) is 4.79 Å². The molecular formula is C12H22N2O. The highest BCUT2D eigenvalue weighted by atomic mass is 16.1. The van der Waals surface area contributed by atoms with E-state index in [0.717, 1.165) is 31.8 Å². The molecule has 0 bridgehead atoms. The summed E-state index contributed by atoms with van der Waals surface area (Å²) in [7, 11) is 0. The Kier molecular flexibility index (Phi) is 3.62. The second-order valence-corrected chi connectivity index (χ2v) is 5.01. The smallest absolute Gasteiger partial charge is 0.223 e. The Morgan fingerprint density at radius 2 is 1.93 bits per heavy atom. The molecule has 0 spiro atoms. The molecular weight excluding hydrogens is 188 g/mol. The van der Waals surface area contributed by atoms with Crippen LogP contribution in [-0.2, 0) is 4.79 Å². The first kappa shape index (κ1) is 10.9. The predicted octanol–water partition coefficient (Wildman–Crippen LogP) is 1.29. The van der Waals surface area contributed by atoms with Crippen LogP contribution in [-0.4, -0.2) is 25.0 Å².